The molecule has 0 radical (unpaired) electrons. The molecule has 1 unspecified atom stereocenters. The van der Waals surface area contributed by atoms with Crippen LogP contribution >= 0.6 is 0 Å². The van der Waals surface area contributed by atoms with Gasteiger partial charge in [-0.3, -0.25) is 4.79 Å². The van der Waals surface area contributed by atoms with Crippen molar-refractivity contribution in [2.45, 2.75) is 51.9 Å². The molecule has 4 nitrogen and oxygen atoms in total. The molecule has 6 heteroatoms. The number of hydrogen-bond donors (Lipinski definition) is 0. The summed E-state index contributed by atoms with van der Waals surface area (Å²) >= 11 is 0. The van der Waals surface area contributed by atoms with Gasteiger partial charge in [-0.2, -0.15) is 4.39 Å². The topological polar surface area (TPSA) is 66.4 Å². The van der Waals surface area contributed by atoms with Gasteiger partial charge in [0, 0.05) is 23.9 Å². The molecule has 0 saturated heterocycles. The number of carbonyl (C=O) groups is 2. The molecule has 0 bridgehead atoms. The third kappa shape index (κ3) is 5.86. The Balaban J connectivity index is 2.13. The lowest BCUT2D eigenvalue weighted by molar-refractivity contribution is -0.308. The number of hydrogen-bond acceptors (Lipinski definition) is 4. The monoisotopic (exact) mass is 403 g/mol. The van der Waals surface area contributed by atoms with E-state index in [1.807, 2.05) is 19.1 Å². The number of Topliss-reactive ketones (excluding diaryl/α,β-unsaturated/α-hetero) is 1. The minimum atomic E-state index is -1.56. The van der Waals surface area contributed by atoms with Crippen LogP contribution in [0.15, 0.2) is 36.4 Å². The lowest BCUT2D eigenvalue weighted by Gasteiger charge is -2.20. The summed E-state index contributed by atoms with van der Waals surface area (Å²) in [7, 11) is 0. The summed E-state index contributed by atoms with van der Waals surface area (Å²) in [6.45, 7) is 4.10. The van der Waals surface area contributed by atoms with Gasteiger partial charge >= 0.3 is 0 Å². The molecular formula is C23H25F2O4-. The van der Waals surface area contributed by atoms with Gasteiger partial charge in [-0.15, -0.1) is 0 Å². The normalized spacial score (nSPS) is 11.9. The molecular weight excluding hydrogens is 378 g/mol. The second-order valence-electron chi connectivity index (χ2n) is 6.91. The Morgan fingerprint density at radius 3 is 2.28 bits per heavy atom. The summed E-state index contributed by atoms with van der Waals surface area (Å²) < 4.78 is 33.7. The fourth-order valence-corrected chi connectivity index (χ4v) is 3.11. The Hall–Kier alpha value is -2.76. The van der Waals surface area contributed by atoms with Crippen molar-refractivity contribution < 1.29 is 28.2 Å². The van der Waals surface area contributed by atoms with E-state index >= 15 is 0 Å². The lowest BCUT2D eigenvalue weighted by Crippen LogP contribution is -2.31. The highest BCUT2D eigenvalue weighted by molar-refractivity contribution is 5.96. The molecule has 156 valence electrons. The maximum absolute atomic E-state index is 14.4. The highest BCUT2D eigenvalue weighted by atomic mass is 19.2. The van der Waals surface area contributed by atoms with Crippen LogP contribution < -0.4 is 9.84 Å². The largest absolute Gasteiger partial charge is 0.549 e. The smallest absolute Gasteiger partial charge is 0.200 e. The summed E-state index contributed by atoms with van der Waals surface area (Å²) in [5.41, 5.74) is 1.22. The molecule has 2 aromatic carbocycles. The van der Waals surface area contributed by atoms with Gasteiger partial charge in [-0.1, -0.05) is 50.6 Å². The van der Waals surface area contributed by atoms with Crippen molar-refractivity contribution in [2.75, 3.05) is 6.61 Å². The van der Waals surface area contributed by atoms with E-state index in [1.165, 1.54) is 12.1 Å². The van der Waals surface area contributed by atoms with Gasteiger partial charge in [0.05, 0.1) is 6.61 Å². The Labute approximate surface area is 169 Å². The van der Waals surface area contributed by atoms with Crippen LogP contribution in [0.25, 0.3) is 0 Å². The molecule has 0 aliphatic rings. The molecule has 29 heavy (non-hydrogen) atoms. The van der Waals surface area contributed by atoms with Crippen molar-refractivity contribution in [3.63, 3.8) is 0 Å². The first kappa shape index (κ1) is 22.5. The maximum Gasteiger partial charge on any atom is 0.200 e. The van der Waals surface area contributed by atoms with Gasteiger partial charge in [0.2, 0.25) is 5.82 Å². The zero-order chi connectivity index (χ0) is 21.4. The number of carboxylic acids is 1. The van der Waals surface area contributed by atoms with E-state index in [0.717, 1.165) is 18.4 Å². The summed E-state index contributed by atoms with van der Waals surface area (Å²) in [5, 5.41) is 11.5. The van der Waals surface area contributed by atoms with E-state index in [-0.39, 0.29) is 36.5 Å². The molecule has 0 aliphatic carbocycles. The number of aryl methyl sites for hydroxylation is 1. The number of ketones is 1. The molecule has 0 aliphatic heterocycles. The average Bonchev–Trinajstić information content (AvgIpc) is 2.71. The fourth-order valence-electron chi connectivity index (χ4n) is 3.11. The molecule has 0 amide bonds. The van der Waals surface area contributed by atoms with E-state index in [2.05, 4.69) is 6.92 Å². The van der Waals surface area contributed by atoms with Crippen molar-refractivity contribution >= 4 is 11.8 Å². The number of carboxylic acid groups (broad SMARTS) is 1. The molecule has 0 spiro atoms. The molecule has 2 aromatic rings. The molecule has 0 fully saturated rings. The van der Waals surface area contributed by atoms with Crippen LogP contribution in [-0.4, -0.2) is 18.4 Å². The maximum atomic E-state index is 14.4. The summed E-state index contributed by atoms with van der Waals surface area (Å²) in [6.07, 6.45) is 2.20. The van der Waals surface area contributed by atoms with Gasteiger partial charge in [-0.05, 0) is 36.5 Å². The number of rotatable bonds is 11. The first-order valence-electron chi connectivity index (χ1n) is 9.82. The Morgan fingerprint density at radius 2 is 1.69 bits per heavy atom. The molecule has 2 rings (SSSR count). The number of carbonyl (C=O) groups excluding carboxylic acids is 2. The van der Waals surface area contributed by atoms with Crippen LogP contribution in [0.2, 0.25) is 0 Å². The second kappa shape index (κ2) is 10.7. The van der Waals surface area contributed by atoms with Crippen LogP contribution in [0.4, 0.5) is 8.78 Å². The molecule has 0 heterocycles. The van der Waals surface area contributed by atoms with Gasteiger partial charge in [-0.25, -0.2) is 4.39 Å². The van der Waals surface area contributed by atoms with Crippen molar-refractivity contribution in [3.8, 4) is 5.75 Å². The third-order valence-corrected chi connectivity index (χ3v) is 4.67. The lowest BCUT2D eigenvalue weighted by atomic mass is 9.91. The highest BCUT2D eigenvalue weighted by Crippen LogP contribution is 2.30. The van der Waals surface area contributed by atoms with Crippen LogP contribution in [0.5, 0.6) is 5.75 Å². The van der Waals surface area contributed by atoms with Crippen LogP contribution in [0, 0.1) is 11.6 Å². The van der Waals surface area contributed by atoms with Crippen LogP contribution in [0.3, 0.4) is 0 Å². The van der Waals surface area contributed by atoms with Gasteiger partial charge in [0.15, 0.2) is 17.3 Å². The zero-order valence-corrected chi connectivity index (χ0v) is 16.7. The van der Waals surface area contributed by atoms with E-state index in [1.54, 1.807) is 12.1 Å². The third-order valence-electron chi connectivity index (χ3n) is 4.67. The molecule has 0 N–H and O–H groups in total. The molecule has 1 atom stereocenters. The van der Waals surface area contributed by atoms with Crippen molar-refractivity contribution in [2.24, 2.45) is 0 Å². The Bertz CT molecular complexity index is 847. The van der Waals surface area contributed by atoms with E-state index < -0.39 is 23.5 Å². The Morgan fingerprint density at radius 1 is 1.00 bits per heavy atom. The minimum Gasteiger partial charge on any atom is -0.549 e. The summed E-state index contributed by atoms with van der Waals surface area (Å²) in [5.74, 6) is -6.05. The minimum absolute atomic E-state index is 0.124. The molecule has 0 aromatic heterocycles. The van der Waals surface area contributed by atoms with Gasteiger partial charge in [0.25, 0.3) is 0 Å². The Kier molecular flexibility index (Phi) is 8.31. The fraction of sp³-hybridized carbons (Fsp3) is 0.391. The van der Waals surface area contributed by atoms with Crippen LogP contribution in [-0.2, 0) is 11.2 Å². The van der Waals surface area contributed by atoms with Crippen LogP contribution in [0.1, 0.15) is 66.9 Å². The van der Waals surface area contributed by atoms with E-state index in [9.17, 15) is 23.5 Å². The quantitative estimate of drug-likeness (QED) is 0.528. The summed E-state index contributed by atoms with van der Waals surface area (Å²) in [4.78, 5) is 23.9. The zero-order valence-electron chi connectivity index (χ0n) is 16.7. The number of halogens is 2. The number of benzene rings is 2. The van der Waals surface area contributed by atoms with Gasteiger partial charge < -0.3 is 14.6 Å². The number of aliphatic carboxylic acids is 1. The number of ether oxygens (including phenoxy) is 1. The predicted octanol–water partition coefficient (Wildman–Crippen LogP) is 4.20. The standard InChI is InChI=1S/C23H26F2O4/c1-3-5-15-6-8-16(9-7-15)19(26)12-10-18(23(27)28)17-11-13-20(29-14-4-2)22(25)21(17)24/h6-9,11,13,18H,3-5,10,12,14H2,1-2H3,(H,27,28)/p-1. The SMILES string of the molecule is CCCOc1ccc(C(CCC(=O)c2ccc(CCC)cc2)C(=O)[O-])c(F)c1F. The summed E-state index contributed by atoms with van der Waals surface area (Å²) in [6, 6.07) is 9.48. The average molecular weight is 403 g/mol. The highest BCUT2D eigenvalue weighted by Gasteiger charge is 2.23. The first-order valence-corrected chi connectivity index (χ1v) is 9.82. The van der Waals surface area contributed by atoms with Crippen molar-refractivity contribution in [3.05, 3.63) is 64.7 Å². The first-order chi connectivity index (χ1) is 13.9. The predicted molar refractivity (Wildman–Crippen MR) is 104 cm³/mol. The molecule has 0 saturated carbocycles. The van der Waals surface area contributed by atoms with E-state index in [0.29, 0.717) is 12.0 Å². The van der Waals surface area contributed by atoms with Gasteiger partial charge in [0.1, 0.15) is 0 Å². The van der Waals surface area contributed by atoms with Crippen molar-refractivity contribution in [1.29, 1.82) is 0 Å². The van der Waals surface area contributed by atoms with Crippen molar-refractivity contribution in [1.82, 2.24) is 0 Å². The van der Waals surface area contributed by atoms with E-state index in [4.69, 9.17) is 4.74 Å². The second-order valence-corrected chi connectivity index (χ2v) is 6.91.